The van der Waals surface area contributed by atoms with E-state index in [1.165, 1.54) is 0 Å². The molecule has 0 rings (SSSR count). The molecule has 0 aliphatic carbocycles. The molecule has 0 amide bonds. The lowest BCUT2D eigenvalue weighted by molar-refractivity contribution is -0.0277. The van der Waals surface area contributed by atoms with Gasteiger partial charge in [-0.15, -0.1) is 0 Å². The molecule has 0 heterocycles. The van der Waals surface area contributed by atoms with Crippen LogP contribution in [-0.2, 0) is 4.74 Å². The van der Waals surface area contributed by atoms with Crippen LogP contribution in [0, 0.1) is 0 Å². The van der Waals surface area contributed by atoms with Gasteiger partial charge in [0, 0.05) is 13.5 Å². The van der Waals surface area contributed by atoms with Crippen molar-refractivity contribution >= 4 is 5.71 Å². The largest absolute Gasteiger partial charge is 0.367 e. The van der Waals surface area contributed by atoms with E-state index in [4.69, 9.17) is 10.3 Å². The molecule has 0 bridgehead atoms. The van der Waals surface area contributed by atoms with Crippen molar-refractivity contribution in [2.45, 2.75) is 26.9 Å². The fourth-order valence-electron chi connectivity index (χ4n) is 0.452. The minimum absolute atomic E-state index is 0.0694. The molecule has 0 aliphatic heterocycles. The fraction of sp³-hybridized carbons (Fsp3) is 0.833. The average Bonchev–Trinajstić information content (AvgIpc) is 1.87. The van der Waals surface area contributed by atoms with Crippen LogP contribution >= 0.6 is 0 Å². The zero-order chi connectivity index (χ0) is 7.28. The molecule has 1 unspecified atom stereocenters. The van der Waals surface area contributed by atoms with Gasteiger partial charge in [-0.1, -0.05) is 0 Å². The van der Waals surface area contributed by atoms with Gasteiger partial charge < -0.3 is 10.3 Å². The molecule has 0 spiro atoms. The van der Waals surface area contributed by atoms with Crippen molar-refractivity contribution in [1.29, 1.82) is 0 Å². The molecule has 3 heteroatoms. The molecule has 0 saturated carbocycles. The van der Waals surface area contributed by atoms with E-state index in [1.807, 2.05) is 13.8 Å². The number of rotatable bonds is 3. The van der Waals surface area contributed by atoms with E-state index in [9.17, 15) is 0 Å². The summed E-state index contributed by atoms with van der Waals surface area (Å²) in [6, 6.07) is 0. The van der Waals surface area contributed by atoms with Crippen molar-refractivity contribution in [3.63, 3.8) is 0 Å². The second-order valence-electron chi connectivity index (χ2n) is 1.84. The van der Waals surface area contributed by atoms with Crippen LogP contribution in [0.3, 0.4) is 0 Å². The van der Waals surface area contributed by atoms with E-state index >= 15 is 0 Å². The Bertz CT molecular complexity index is 127. The zero-order valence-corrected chi connectivity index (χ0v) is 6.09. The summed E-state index contributed by atoms with van der Waals surface area (Å²) in [6.45, 7) is 6.12. The predicted molar refractivity (Wildman–Crippen MR) is 35.4 cm³/mol. The zero-order valence-electron chi connectivity index (χ0n) is 6.09. The topological polar surface area (TPSA) is 45.6 Å². The maximum atomic E-state index is 8.24. The van der Waals surface area contributed by atoms with Crippen LogP contribution < -0.4 is 0 Å². The molecule has 0 aromatic heterocycles. The van der Waals surface area contributed by atoms with Gasteiger partial charge in [0.05, 0.1) is 0 Å². The molecule has 9 heavy (non-hydrogen) atoms. The van der Waals surface area contributed by atoms with Crippen molar-refractivity contribution in [3.05, 3.63) is 5.53 Å². The van der Waals surface area contributed by atoms with Gasteiger partial charge in [0.15, 0.2) is 6.10 Å². The Labute approximate surface area is 55.3 Å². The molecule has 0 aliphatic rings. The molecular weight excluding hydrogens is 116 g/mol. The normalized spacial score (nSPS) is 12.3. The fourth-order valence-corrected chi connectivity index (χ4v) is 0.452. The van der Waals surface area contributed by atoms with Crippen LogP contribution in [0.15, 0.2) is 0 Å². The van der Waals surface area contributed by atoms with Crippen LogP contribution in [-0.4, -0.2) is 23.2 Å². The van der Waals surface area contributed by atoms with Crippen molar-refractivity contribution in [2.75, 3.05) is 6.61 Å². The first-order valence-corrected chi connectivity index (χ1v) is 3.02. The molecule has 1 atom stereocenters. The number of nitrogens with zero attached hydrogens (tertiary/aromatic N) is 2. The standard InChI is InChI=1S/C6H12N2O/c1-4-9-6(3)5(2)8-7/h6H,4H2,1-3H3. The third kappa shape index (κ3) is 3.01. The van der Waals surface area contributed by atoms with E-state index in [2.05, 4.69) is 4.79 Å². The lowest BCUT2D eigenvalue weighted by Gasteiger charge is -2.01. The van der Waals surface area contributed by atoms with Gasteiger partial charge in [-0.3, -0.25) is 0 Å². The molecule has 0 fully saturated rings. The van der Waals surface area contributed by atoms with Gasteiger partial charge in [0.1, 0.15) is 0 Å². The third-order valence-electron chi connectivity index (χ3n) is 1.16. The Hall–Kier alpha value is -0.660. The predicted octanol–water partition coefficient (Wildman–Crippen LogP) is 1.10. The Morgan fingerprint density at radius 1 is 1.78 bits per heavy atom. The summed E-state index contributed by atoms with van der Waals surface area (Å²) in [5, 5.41) is 0. The summed E-state index contributed by atoms with van der Waals surface area (Å²) in [7, 11) is 0. The van der Waals surface area contributed by atoms with E-state index in [0.717, 1.165) is 0 Å². The van der Waals surface area contributed by atoms with Crippen molar-refractivity contribution in [3.8, 4) is 0 Å². The third-order valence-corrected chi connectivity index (χ3v) is 1.16. The number of ether oxygens (including phenoxy) is 1. The lowest BCUT2D eigenvalue weighted by atomic mass is 10.3. The van der Waals surface area contributed by atoms with Crippen LogP contribution in [0.1, 0.15) is 20.8 Å². The SMILES string of the molecule is CCOC(C)C(C)=[N+]=[N-]. The molecule has 0 N–H and O–H groups in total. The van der Waals surface area contributed by atoms with Gasteiger partial charge in [-0.25, -0.2) is 0 Å². The minimum Gasteiger partial charge on any atom is -0.367 e. The van der Waals surface area contributed by atoms with Crippen LogP contribution in [0.4, 0.5) is 0 Å². The molecular formula is C6H12N2O. The summed E-state index contributed by atoms with van der Waals surface area (Å²) in [4.78, 5) is 3.00. The van der Waals surface area contributed by atoms with Crippen LogP contribution in [0.25, 0.3) is 5.53 Å². The molecule has 0 aromatic rings. The minimum atomic E-state index is -0.0694. The van der Waals surface area contributed by atoms with Crippen LogP contribution in [0.5, 0.6) is 0 Å². The molecule has 0 saturated heterocycles. The monoisotopic (exact) mass is 128 g/mol. The molecule has 52 valence electrons. The second-order valence-corrected chi connectivity index (χ2v) is 1.84. The summed E-state index contributed by atoms with van der Waals surface area (Å²) in [5.74, 6) is 0. The summed E-state index contributed by atoms with van der Waals surface area (Å²) in [6.07, 6.45) is -0.0694. The van der Waals surface area contributed by atoms with Gasteiger partial charge in [0.2, 0.25) is 0 Å². The number of hydrogen-bond donors (Lipinski definition) is 0. The van der Waals surface area contributed by atoms with E-state index in [-0.39, 0.29) is 6.10 Å². The highest BCUT2D eigenvalue weighted by molar-refractivity contribution is 5.80. The maximum Gasteiger partial charge on any atom is 0.293 e. The Kier molecular flexibility index (Phi) is 3.93. The van der Waals surface area contributed by atoms with Gasteiger partial charge in [-0.2, -0.15) is 4.79 Å². The molecule has 0 aromatic carbocycles. The van der Waals surface area contributed by atoms with Gasteiger partial charge >= 0.3 is 0 Å². The van der Waals surface area contributed by atoms with E-state index in [1.54, 1.807) is 6.92 Å². The van der Waals surface area contributed by atoms with Gasteiger partial charge in [0.25, 0.3) is 5.71 Å². The summed E-state index contributed by atoms with van der Waals surface area (Å²) < 4.78 is 5.10. The summed E-state index contributed by atoms with van der Waals surface area (Å²) in [5.41, 5.74) is 8.85. The van der Waals surface area contributed by atoms with Crippen molar-refractivity contribution < 1.29 is 9.53 Å². The first kappa shape index (κ1) is 8.34. The second kappa shape index (κ2) is 4.24. The Morgan fingerprint density at radius 3 is 2.67 bits per heavy atom. The quantitative estimate of drug-likeness (QED) is 0.319. The van der Waals surface area contributed by atoms with E-state index < -0.39 is 0 Å². The smallest absolute Gasteiger partial charge is 0.293 e. The first-order chi connectivity index (χ1) is 4.22. The van der Waals surface area contributed by atoms with Crippen molar-refractivity contribution in [1.82, 2.24) is 0 Å². The summed E-state index contributed by atoms with van der Waals surface area (Å²) >= 11 is 0. The van der Waals surface area contributed by atoms with E-state index in [0.29, 0.717) is 12.3 Å². The highest BCUT2D eigenvalue weighted by Gasteiger charge is 2.10. The average molecular weight is 128 g/mol. The van der Waals surface area contributed by atoms with Crippen LogP contribution in [0.2, 0.25) is 0 Å². The lowest BCUT2D eigenvalue weighted by Crippen LogP contribution is -2.18. The maximum absolute atomic E-state index is 8.24. The van der Waals surface area contributed by atoms with Crippen molar-refractivity contribution in [2.24, 2.45) is 0 Å². The highest BCUT2D eigenvalue weighted by Crippen LogP contribution is 1.89. The Morgan fingerprint density at radius 2 is 2.33 bits per heavy atom. The first-order valence-electron chi connectivity index (χ1n) is 3.02. The number of hydrogen-bond acceptors (Lipinski definition) is 1. The Balaban J connectivity index is 3.73. The highest BCUT2D eigenvalue weighted by atomic mass is 16.5. The van der Waals surface area contributed by atoms with Gasteiger partial charge in [-0.05, 0) is 13.8 Å². The molecule has 0 radical (unpaired) electrons. The molecule has 3 nitrogen and oxygen atoms in total.